The Hall–Kier alpha value is -3.22. The van der Waals surface area contributed by atoms with Crippen LogP contribution >= 0.6 is 0 Å². The Balaban J connectivity index is 1.76. The topological polar surface area (TPSA) is 52.6 Å². The summed E-state index contributed by atoms with van der Waals surface area (Å²) >= 11 is 0. The third-order valence-corrected chi connectivity index (χ3v) is 8.01. The second-order valence-electron chi connectivity index (χ2n) is 10.9. The van der Waals surface area contributed by atoms with Gasteiger partial charge >= 0.3 is 12.4 Å². The summed E-state index contributed by atoms with van der Waals surface area (Å²) in [5, 5.41) is 2.22. The van der Waals surface area contributed by atoms with Crippen LogP contribution in [0.3, 0.4) is 0 Å². The summed E-state index contributed by atoms with van der Waals surface area (Å²) in [6, 6.07) is 6.03. The van der Waals surface area contributed by atoms with Gasteiger partial charge in [-0.25, -0.2) is 8.78 Å². The van der Waals surface area contributed by atoms with Crippen LogP contribution in [0.4, 0.5) is 46.5 Å². The van der Waals surface area contributed by atoms with Crippen LogP contribution < -0.4 is 10.2 Å². The molecule has 2 fully saturated rings. The molecule has 2 aromatic rings. The number of nitrogens with one attached hydrogen (secondary N) is 1. The van der Waals surface area contributed by atoms with Gasteiger partial charge in [0, 0.05) is 50.4 Å². The molecular formula is C28H29F8N3O2. The van der Waals surface area contributed by atoms with Crippen LogP contribution in [0.2, 0.25) is 0 Å². The van der Waals surface area contributed by atoms with Crippen LogP contribution in [-0.4, -0.2) is 48.8 Å². The summed E-state index contributed by atoms with van der Waals surface area (Å²) in [6.45, 7) is 4.32. The molecule has 2 heterocycles. The molecule has 224 valence electrons. The molecule has 2 aliphatic rings. The Bertz CT molecular complexity index is 1280. The number of amides is 2. The first-order valence-corrected chi connectivity index (χ1v) is 12.9. The maximum absolute atomic E-state index is 13.9. The first-order valence-electron chi connectivity index (χ1n) is 12.9. The Morgan fingerprint density at radius 3 is 1.95 bits per heavy atom. The van der Waals surface area contributed by atoms with E-state index in [1.165, 1.54) is 11.8 Å². The molecule has 41 heavy (non-hydrogen) atoms. The lowest BCUT2D eigenvalue weighted by molar-refractivity contribution is -0.143. The van der Waals surface area contributed by atoms with Gasteiger partial charge in [0.25, 0.3) is 5.92 Å². The zero-order valence-electron chi connectivity index (χ0n) is 22.5. The van der Waals surface area contributed by atoms with Gasteiger partial charge in [-0.15, -0.1) is 0 Å². The SMILES string of the molecule is Cc1cccc(C)c1N1CC(CN2CCC(F)(F)CC2)(C(=O)Nc2cc(C(F)(F)F)cc(C(F)(F)F)c2)C(C)C1=O. The molecule has 0 aliphatic carbocycles. The maximum atomic E-state index is 13.9. The Kier molecular flexibility index (Phi) is 7.91. The van der Waals surface area contributed by atoms with E-state index in [1.54, 1.807) is 36.9 Å². The number of nitrogens with zero attached hydrogens (tertiary/aromatic N) is 2. The van der Waals surface area contributed by atoms with Gasteiger partial charge in [0.15, 0.2) is 0 Å². The summed E-state index contributed by atoms with van der Waals surface area (Å²) in [5.74, 6) is -5.42. The molecule has 2 amide bonds. The highest BCUT2D eigenvalue weighted by Gasteiger charge is 2.57. The predicted molar refractivity (Wildman–Crippen MR) is 136 cm³/mol. The van der Waals surface area contributed by atoms with E-state index in [0.717, 1.165) is 0 Å². The minimum atomic E-state index is -5.13. The van der Waals surface area contributed by atoms with Crippen LogP contribution in [0.5, 0.6) is 0 Å². The lowest BCUT2D eigenvalue weighted by Gasteiger charge is -2.39. The summed E-state index contributed by atoms with van der Waals surface area (Å²) in [6.07, 6.45) is -11.2. The van der Waals surface area contributed by atoms with E-state index in [4.69, 9.17) is 0 Å². The van der Waals surface area contributed by atoms with E-state index < -0.39 is 71.1 Å². The molecular weight excluding hydrogens is 562 g/mol. The van der Waals surface area contributed by atoms with Crippen molar-refractivity contribution >= 4 is 23.2 Å². The first kappa shape index (κ1) is 30.7. The predicted octanol–water partition coefficient (Wildman–Crippen LogP) is 6.68. The van der Waals surface area contributed by atoms with Crippen LogP contribution in [0, 0.1) is 25.2 Å². The molecule has 2 saturated heterocycles. The molecule has 13 heteroatoms. The number of carbonyl (C=O) groups excluding carboxylic acids is 2. The van der Waals surface area contributed by atoms with E-state index in [0.29, 0.717) is 28.9 Å². The number of likely N-dealkylation sites (tertiary alicyclic amines) is 1. The molecule has 0 aromatic heterocycles. The summed E-state index contributed by atoms with van der Waals surface area (Å²) in [7, 11) is 0. The highest BCUT2D eigenvalue weighted by Crippen LogP contribution is 2.44. The van der Waals surface area contributed by atoms with E-state index >= 15 is 0 Å². The molecule has 0 radical (unpaired) electrons. The molecule has 2 unspecified atom stereocenters. The fourth-order valence-electron chi connectivity index (χ4n) is 5.63. The van der Waals surface area contributed by atoms with Gasteiger partial charge in [-0.3, -0.25) is 9.59 Å². The summed E-state index contributed by atoms with van der Waals surface area (Å²) < 4.78 is 108. The minimum Gasteiger partial charge on any atom is -0.325 e. The summed E-state index contributed by atoms with van der Waals surface area (Å²) in [5.41, 5.74) is -3.68. The van der Waals surface area contributed by atoms with Gasteiger partial charge in [-0.05, 0) is 43.2 Å². The Labute approximate surface area is 231 Å². The van der Waals surface area contributed by atoms with Crippen molar-refractivity contribution in [2.75, 3.05) is 36.4 Å². The number of anilines is 2. The van der Waals surface area contributed by atoms with Crippen molar-refractivity contribution in [3.63, 3.8) is 0 Å². The zero-order valence-corrected chi connectivity index (χ0v) is 22.5. The number of hydrogen-bond donors (Lipinski definition) is 1. The highest BCUT2D eigenvalue weighted by atomic mass is 19.4. The number of rotatable bonds is 5. The standard InChI is InChI=1S/C28H29F8N3O2/c1-16-5-4-6-17(2)22(16)39-15-25(18(3)23(39)40,14-38-9-7-26(29,30)8-10-38)24(41)37-21-12-19(27(31,32)33)11-20(13-21)28(34,35)36/h4-6,11-13,18H,7-10,14-15H2,1-3H3,(H,37,41). The largest absolute Gasteiger partial charge is 0.416 e. The van der Waals surface area contributed by atoms with Gasteiger partial charge in [-0.2, -0.15) is 26.3 Å². The average Bonchev–Trinajstić information content (AvgIpc) is 3.10. The molecule has 4 rings (SSSR count). The zero-order chi connectivity index (χ0) is 30.5. The smallest absolute Gasteiger partial charge is 0.325 e. The number of halogens is 8. The molecule has 5 nitrogen and oxygen atoms in total. The van der Waals surface area contributed by atoms with Crippen molar-refractivity contribution in [3.8, 4) is 0 Å². The molecule has 0 spiro atoms. The molecule has 2 atom stereocenters. The Morgan fingerprint density at radius 2 is 1.46 bits per heavy atom. The fraction of sp³-hybridized carbons (Fsp3) is 0.500. The van der Waals surface area contributed by atoms with Gasteiger partial charge in [0.05, 0.1) is 22.5 Å². The molecule has 2 aliphatic heterocycles. The monoisotopic (exact) mass is 591 g/mol. The van der Waals surface area contributed by atoms with E-state index in [2.05, 4.69) is 5.32 Å². The number of alkyl halides is 8. The second-order valence-corrected chi connectivity index (χ2v) is 10.9. The Morgan fingerprint density at radius 1 is 0.951 bits per heavy atom. The molecule has 0 bridgehead atoms. The number of piperidine rings is 1. The number of aryl methyl sites for hydroxylation is 2. The van der Waals surface area contributed by atoms with Crippen molar-refractivity contribution < 1.29 is 44.7 Å². The quantitative estimate of drug-likeness (QED) is 0.395. The highest BCUT2D eigenvalue weighted by molar-refractivity contribution is 6.08. The normalized spacial score (nSPS) is 23.6. The fourth-order valence-corrected chi connectivity index (χ4v) is 5.63. The van der Waals surface area contributed by atoms with Gasteiger partial charge in [0.1, 0.15) is 0 Å². The number of hydrogen-bond acceptors (Lipinski definition) is 3. The summed E-state index contributed by atoms with van der Waals surface area (Å²) in [4.78, 5) is 30.5. The lowest BCUT2D eigenvalue weighted by atomic mass is 9.76. The second kappa shape index (κ2) is 10.6. The van der Waals surface area contributed by atoms with Gasteiger partial charge in [0.2, 0.25) is 11.8 Å². The minimum absolute atomic E-state index is 0.0518. The van der Waals surface area contributed by atoms with Crippen LogP contribution in [0.15, 0.2) is 36.4 Å². The van der Waals surface area contributed by atoms with Crippen molar-refractivity contribution in [1.82, 2.24) is 4.90 Å². The third-order valence-electron chi connectivity index (χ3n) is 8.01. The maximum Gasteiger partial charge on any atom is 0.416 e. The van der Waals surface area contributed by atoms with E-state index in [-0.39, 0.29) is 32.2 Å². The van der Waals surface area contributed by atoms with Gasteiger partial charge in [-0.1, -0.05) is 25.1 Å². The third kappa shape index (κ3) is 6.19. The van der Waals surface area contributed by atoms with Crippen molar-refractivity contribution in [3.05, 3.63) is 58.7 Å². The van der Waals surface area contributed by atoms with Crippen LogP contribution in [-0.2, 0) is 21.9 Å². The van der Waals surface area contributed by atoms with Crippen molar-refractivity contribution in [1.29, 1.82) is 0 Å². The van der Waals surface area contributed by atoms with E-state index in [9.17, 15) is 44.7 Å². The lowest BCUT2D eigenvalue weighted by Crippen LogP contribution is -2.53. The number of para-hydroxylation sites is 1. The van der Waals surface area contributed by atoms with Crippen molar-refractivity contribution in [2.24, 2.45) is 11.3 Å². The molecule has 0 saturated carbocycles. The van der Waals surface area contributed by atoms with Crippen LogP contribution in [0.1, 0.15) is 42.0 Å². The first-order chi connectivity index (χ1) is 18.8. The van der Waals surface area contributed by atoms with Crippen LogP contribution in [0.25, 0.3) is 0 Å². The average molecular weight is 592 g/mol. The van der Waals surface area contributed by atoms with E-state index in [1.807, 2.05) is 0 Å². The molecule has 2 aromatic carbocycles. The van der Waals surface area contributed by atoms with Crippen molar-refractivity contribution in [2.45, 2.75) is 51.9 Å². The number of carbonyl (C=O) groups is 2. The number of benzene rings is 2. The van der Waals surface area contributed by atoms with Gasteiger partial charge < -0.3 is 15.1 Å². The molecule has 1 N–H and O–H groups in total.